The highest BCUT2D eigenvalue weighted by Crippen LogP contribution is 2.26. The van der Waals surface area contributed by atoms with Crippen molar-refractivity contribution in [2.45, 2.75) is 26.2 Å². The van der Waals surface area contributed by atoms with Gasteiger partial charge in [-0.3, -0.25) is 9.36 Å². The van der Waals surface area contributed by atoms with E-state index in [9.17, 15) is 4.79 Å². The zero-order chi connectivity index (χ0) is 19.5. The van der Waals surface area contributed by atoms with E-state index in [1.54, 1.807) is 11.6 Å². The second-order valence-electron chi connectivity index (χ2n) is 7.54. The standard InChI is InChI=1S/C23H27N3O2/c1-17-16-18(28-15-7-14-26-12-5-6-13-26)10-11-19(17)22-24-21-9-4-3-8-20(21)23(27)25(22)2/h3-4,8-11,16H,5-7,12-15H2,1-2H3. The molecule has 1 aliphatic rings. The molecule has 0 spiro atoms. The van der Waals surface area contributed by atoms with Gasteiger partial charge in [0.1, 0.15) is 11.6 Å². The average molecular weight is 377 g/mol. The van der Waals surface area contributed by atoms with E-state index < -0.39 is 0 Å². The molecule has 0 atom stereocenters. The van der Waals surface area contributed by atoms with Crippen molar-refractivity contribution in [1.29, 1.82) is 0 Å². The molecule has 1 saturated heterocycles. The molecular weight excluding hydrogens is 350 g/mol. The quantitative estimate of drug-likeness (QED) is 0.614. The third kappa shape index (κ3) is 3.80. The van der Waals surface area contributed by atoms with Crippen LogP contribution < -0.4 is 10.3 Å². The van der Waals surface area contributed by atoms with E-state index in [0.717, 1.165) is 42.0 Å². The molecule has 1 aromatic heterocycles. The Balaban J connectivity index is 1.51. The molecule has 3 aromatic rings. The van der Waals surface area contributed by atoms with E-state index >= 15 is 0 Å². The van der Waals surface area contributed by atoms with Gasteiger partial charge in [0.15, 0.2) is 0 Å². The summed E-state index contributed by atoms with van der Waals surface area (Å²) < 4.78 is 7.57. The number of rotatable bonds is 6. The Kier molecular flexibility index (Phi) is 5.44. The zero-order valence-corrected chi connectivity index (χ0v) is 16.6. The maximum absolute atomic E-state index is 12.7. The third-order valence-electron chi connectivity index (χ3n) is 5.51. The first-order valence-electron chi connectivity index (χ1n) is 10.1. The molecule has 5 heteroatoms. The molecule has 0 unspecified atom stereocenters. The van der Waals surface area contributed by atoms with Crippen molar-refractivity contribution >= 4 is 10.9 Å². The third-order valence-corrected chi connectivity index (χ3v) is 5.51. The number of fused-ring (bicyclic) bond motifs is 1. The van der Waals surface area contributed by atoms with Crippen LogP contribution in [0.2, 0.25) is 0 Å². The summed E-state index contributed by atoms with van der Waals surface area (Å²) >= 11 is 0. The van der Waals surface area contributed by atoms with E-state index in [-0.39, 0.29) is 5.56 Å². The van der Waals surface area contributed by atoms with Crippen LogP contribution in [0, 0.1) is 6.92 Å². The Morgan fingerprint density at radius 2 is 1.89 bits per heavy atom. The summed E-state index contributed by atoms with van der Waals surface area (Å²) in [4.78, 5) is 19.9. The predicted molar refractivity (Wildman–Crippen MR) is 113 cm³/mol. The van der Waals surface area contributed by atoms with E-state index in [1.807, 2.05) is 49.4 Å². The summed E-state index contributed by atoms with van der Waals surface area (Å²) in [5, 5.41) is 0.643. The molecule has 0 bridgehead atoms. The van der Waals surface area contributed by atoms with Crippen LogP contribution in [0.15, 0.2) is 47.3 Å². The number of hydrogen-bond acceptors (Lipinski definition) is 4. The van der Waals surface area contributed by atoms with Gasteiger partial charge in [-0.25, -0.2) is 4.98 Å². The molecule has 2 aromatic carbocycles. The topological polar surface area (TPSA) is 47.4 Å². The van der Waals surface area contributed by atoms with Crippen LogP contribution in [0.1, 0.15) is 24.8 Å². The minimum absolute atomic E-state index is 0.0257. The van der Waals surface area contributed by atoms with Crippen LogP contribution in [0.25, 0.3) is 22.3 Å². The molecule has 5 nitrogen and oxygen atoms in total. The van der Waals surface area contributed by atoms with Gasteiger partial charge in [0.25, 0.3) is 5.56 Å². The van der Waals surface area contributed by atoms with E-state index in [2.05, 4.69) is 4.90 Å². The van der Waals surface area contributed by atoms with Crippen LogP contribution in [0.3, 0.4) is 0 Å². The Morgan fingerprint density at radius 3 is 2.68 bits per heavy atom. The monoisotopic (exact) mass is 377 g/mol. The van der Waals surface area contributed by atoms with Crippen molar-refractivity contribution < 1.29 is 4.74 Å². The Bertz CT molecular complexity index is 1040. The minimum Gasteiger partial charge on any atom is -0.494 e. The molecule has 2 heterocycles. The zero-order valence-electron chi connectivity index (χ0n) is 16.6. The maximum atomic E-state index is 12.7. The fourth-order valence-corrected chi connectivity index (χ4v) is 3.92. The largest absolute Gasteiger partial charge is 0.494 e. The first-order chi connectivity index (χ1) is 13.6. The lowest BCUT2D eigenvalue weighted by molar-refractivity contribution is 0.263. The maximum Gasteiger partial charge on any atom is 0.261 e. The Hall–Kier alpha value is -2.66. The van der Waals surface area contributed by atoms with Crippen molar-refractivity contribution in [2.75, 3.05) is 26.2 Å². The first-order valence-corrected chi connectivity index (χ1v) is 10.1. The molecule has 1 fully saturated rings. The Labute approximate surface area is 165 Å². The highest BCUT2D eigenvalue weighted by molar-refractivity contribution is 5.80. The second kappa shape index (κ2) is 8.15. The fourth-order valence-electron chi connectivity index (χ4n) is 3.92. The fraction of sp³-hybridized carbons (Fsp3) is 0.391. The van der Waals surface area contributed by atoms with Crippen molar-refractivity contribution in [2.24, 2.45) is 7.05 Å². The van der Waals surface area contributed by atoms with Crippen molar-refractivity contribution in [3.63, 3.8) is 0 Å². The number of aromatic nitrogens is 2. The van der Waals surface area contributed by atoms with Crippen LogP contribution in [0.5, 0.6) is 5.75 Å². The smallest absolute Gasteiger partial charge is 0.261 e. The molecule has 0 N–H and O–H groups in total. The average Bonchev–Trinajstić information content (AvgIpc) is 3.22. The Morgan fingerprint density at radius 1 is 1.11 bits per heavy atom. The lowest BCUT2D eigenvalue weighted by Gasteiger charge is -2.15. The van der Waals surface area contributed by atoms with E-state index in [4.69, 9.17) is 9.72 Å². The molecule has 0 aliphatic carbocycles. The molecule has 146 valence electrons. The van der Waals surface area contributed by atoms with Gasteiger partial charge < -0.3 is 9.64 Å². The summed E-state index contributed by atoms with van der Waals surface area (Å²) in [6.45, 7) is 6.33. The summed E-state index contributed by atoms with van der Waals surface area (Å²) in [5.74, 6) is 1.55. The highest BCUT2D eigenvalue weighted by atomic mass is 16.5. The number of para-hydroxylation sites is 1. The molecule has 4 rings (SSSR count). The first kappa shape index (κ1) is 18.7. The van der Waals surface area contributed by atoms with Gasteiger partial charge in [0.05, 0.1) is 17.5 Å². The van der Waals surface area contributed by atoms with Crippen LogP contribution >= 0.6 is 0 Å². The van der Waals surface area contributed by atoms with Gasteiger partial charge in [-0.1, -0.05) is 12.1 Å². The molecule has 0 radical (unpaired) electrons. The number of likely N-dealkylation sites (tertiary alicyclic amines) is 1. The second-order valence-corrected chi connectivity index (χ2v) is 7.54. The van der Waals surface area contributed by atoms with Crippen LogP contribution in [0.4, 0.5) is 0 Å². The molecular formula is C23H27N3O2. The van der Waals surface area contributed by atoms with Crippen molar-refractivity contribution in [3.8, 4) is 17.1 Å². The SMILES string of the molecule is Cc1cc(OCCCN2CCCC2)ccc1-c1nc2ccccc2c(=O)n1C. The summed E-state index contributed by atoms with van der Waals surface area (Å²) in [6, 6.07) is 13.5. The summed E-state index contributed by atoms with van der Waals surface area (Å²) in [7, 11) is 1.78. The summed E-state index contributed by atoms with van der Waals surface area (Å²) in [6.07, 6.45) is 3.70. The van der Waals surface area contributed by atoms with E-state index in [0.29, 0.717) is 11.2 Å². The van der Waals surface area contributed by atoms with Gasteiger partial charge in [-0.05, 0) is 75.2 Å². The van der Waals surface area contributed by atoms with Gasteiger partial charge in [-0.15, -0.1) is 0 Å². The molecule has 28 heavy (non-hydrogen) atoms. The number of hydrogen-bond donors (Lipinski definition) is 0. The minimum atomic E-state index is -0.0257. The molecule has 0 amide bonds. The summed E-state index contributed by atoms with van der Waals surface area (Å²) in [5.41, 5.74) is 2.70. The van der Waals surface area contributed by atoms with Crippen LogP contribution in [-0.2, 0) is 7.05 Å². The predicted octanol–water partition coefficient (Wildman–Crippen LogP) is 3.77. The van der Waals surface area contributed by atoms with Crippen LogP contribution in [-0.4, -0.2) is 40.7 Å². The van der Waals surface area contributed by atoms with Gasteiger partial charge in [0, 0.05) is 19.2 Å². The number of nitrogens with zero attached hydrogens (tertiary/aromatic N) is 3. The lowest BCUT2D eigenvalue weighted by Crippen LogP contribution is -2.22. The number of benzene rings is 2. The molecule has 1 aliphatic heterocycles. The highest BCUT2D eigenvalue weighted by Gasteiger charge is 2.13. The van der Waals surface area contributed by atoms with Crippen molar-refractivity contribution in [1.82, 2.24) is 14.5 Å². The number of aryl methyl sites for hydroxylation is 1. The van der Waals surface area contributed by atoms with Crippen molar-refractivity contribution in [3.05, 3.63) is 58.4 Å². The van der Waals surface area contributed by atoms with Gasteiger partial charge >= 0.3 is 0 Å². The molecule has 0 saturated carbocycles. The van der Waals surface area contributed by atoms with Gasteiger partial charge in [0.2, 0.25) is 0 Å². The van der Waals surface area contributed by atoms with Gasteiger partial charge in [-0.2, -0.15) is 0 Å². The lowest BCUT2D eigenvalue weighted by atomic mass is 10.1. The van der Waals surface area contributed by atoms with E-state index in [1.165, 1.54) is 25.9 Å². The normalized spacial score (nSPS) is 14.6. The number of ether oxygens (including phenoxy) is 1.